The molecule has 2 amide bonds. The van der Waals surface area contributed by atoms with Crippen molar-refractivity contribution in [3.8, 4) is 5.69 Å². The molecule has 4 rings (SSSR count). The number of sulfonamides is 1. The molecule has 2 N–H and O–H groups in total. The highest BCUT2D eigenvalue weighted by Gasteiger charge is 2.28. The van der Waals surface area contributed by atoms with Crippen molar-refractivity contribution < 1.29 is 18.0 Å². The van der Waals surface area contributed by atoms with Crippen LogP contribution in [0.1, 0.15) is 35.2 Å². The van der Waals surface area contributed by atoms with Gasteiger partial charge < -0.3 is 10.6 Å². The summed E-state index contributed by atoms with van der Waals surface area (Å²) in [6, 6.07) is 13.5. The zero-order chi connectivity index (χ0) is 24.1. The fraction of sp³-hybridized carbons (Fsp3) is 0.292. The molecule has 2 aromatic carbocycles. The maximum Gasteiger partial charge on any atom is 0.251 e. The van der Waals surface area contributed by atoms with Gasteiger partial charge >= 0.3 is 0 Å². The average molecular weight is 482 g/mol. The number of nitrogens with zero attached hydrogens (tertiary/aromatic N) is 3. The van der Waals surface area contributed by atoms with Gasteiger partial charge in [0.2, 0.25) is 15.9 Å². The Bertz CT molecular complexity index is 1270. The second-order valence-corrected chi connectivity index (χ2v) is 10.1. The number of aryl methyl sites for hydroxylation is 1. The molecule has 2 heterocycles. The molecule has 1 saturated heterocycles. The first-order valence-electron chi connectivity index (χ1n) is 11.1. The molecule has 1 aliphatic heterocycles. The topological polar surface area (TPSA) is 113 Å². The fourth-order valence-electron chi connectivity index (χ4n) is 3.85. The predicted molar refractivity (Wildman–Crippen MR) is 128 cm³/mol. The maximum absolute atomic E-state index is 13.1. The minimum Gasteiger partial charge on any atom is -0.343 e. The second-order valence-electron chi connectivity index (χ2n) is 8.17. The molecule has 178 valence electrons. The highest BCUT2D eigenvalue weighted by atomic mass is 32.2. The molecule has 1 aliphatic rings. The zero-order valence-corrected chi connectivity index (χ0v) is 19.7. The van der Waals surface area contributed by atoms with E-state index in [0.29, 0.717) is 24.3 Å². The van der Waals surface area contributed by atoms with Crippen LogP contribution in [0, 0.1) is 6.92 Å². The summed E-state index contributed by atoms with van der Waals surface area (Å²) in [5, 5.41) is 9.43. The number of anilines is 1. The lowest BCUT2D eigenvalue weighted by molar-refractivity contribution is -0.115. The van der Waals surface area contributed by atoms with Crippen LogP contribution < -0.4 is 10.6 Å². The van der Waals surface area contributed by atoms with Crippen LogP contribution in [0.15, 0.2) is 65.8 Å². The predicted octanol–water partition coefficient (Wildman–Crippen LogP) is 2.72. The largest absolute Gasteiger partial charge is 0.343 e. The number of aromatic nitrogens is 2. The number of hydrogen-bond donors (Lipinski definition) is 2. The maximum atomic E-state index is 13.1. The minimum atomic E-state index is -3.67. The normalized spacial score (nSPS) is 14.5. The lowest BCUT2D eigenvalue weighted by Crippen LogP contribution is -2.36. The lowest BCUT2D eigenvalue weighted by Gasteiger charge is -2.26. The SMILES string of the molecule is Cc1ccc(C(=O)NCC(=O)Nc2ccc(-n3cccn3)cc2)cc1S(=O)(=O)N1CCCCC1. The number of benzene rings is 2. The Kier molecular flexibility index (Phi) is 7.09. The van der Waals surface area contributed by atoms with E-state index < -0.39 is 21.8 Å². The molecule has 10 heteroatoms. The van der Waals surface area contributed by atoms with E-state index in [-0.39, 0.29) is 17.0 Å². The number of rotatable bonds is 7. The van der Waals surface area contributed by atoms with Gasteiger partial charge in [0.25, 0.3) is 5.91 Å². The number of hydrogen-bond acceptors (Lipinski definition) is 5. The third-order valence-corrected chi connectivity index (χ3v) is 7.75. The first-order chi connectivity index (χ1) is 16.3. The van der Waals surface area contributed by atoms with Crippen LogP contribution >= 0.6 is 0 Å². The van der Waals surface area contributed by atoms with E-state index in [0.717, 1.165) is 24.9 Å². The lowest BCUT2D eigenvalue weighted by atomic mass is 10.1. The molecule has 0 aliphatic carbocycles. The van der Waals surface area contributed by atoms with Crippen molar-refractivity contribution in [2.24, 2.45) is 0 Å². The summed E-state index contributed by atoms with van der Waals surface area (Å²) in [6.45, 7) is 2.44. The van der Waals surface area contributed by atoms with E-state index in [9.17, 15) is 18.0 Å². The highest BCUT2D eigenvalue weighted by Crippen LogP contribution is 2.24. The van der Waals surface area contributed by atoms with Crippen LogP contribution in [0.5, 0.6) is 0 Å². The summed E-state index contributed by atoms with van der Waals surface area (Å²) >= 11 is 0. The first kappa shape index (κ1) is 23.7. The van der Waals surface area contributed by atoms with E-state index >= 15 is 0 Å². The summed E-state index contributed by atoms with van der Waals surface area (Å²) < 4.78 is 29.3. The molecule has 34 heavy (non-hydrogen) atoms. The van der Waals surface area contributed by atoms with Crippen molar-refractivity contribution >= 4 is 27.5 Å². The number of carbonyl (C=O) groups excluding carboxylic acids is 2. The van der Waals surface area contributed by atoms with Crippen molar-refractivity contribution in [1.29, 1.82) is 0 Å². The van der Waals surface area contributed by atoms with Crippen LogP contribution in [-0.4, -0.2) is 54.0 Å². The van der Waals surface area contributed by atoms with E-state index in [2.05, 4.69) is 15.7 Å². The van der Waals surface area contributed by atoms with Gasteiger partial charge in [0.15, 0.2) is 0 Å². The van der Waals surface area contributed by atoms with Gasteiger partial charge in [-0.05, 0) is 67.8 Å². The van der Waals surface area contributed by atoms with E-state index in [1.807, 2.05) is 24.4 Å². The van der Waals surface area contributed by atoms with Gasteiger partial charge in [-0.25, -0.2) is 13.1 Å². The Morgan fingerprint density at radius 2 is 1.76 bits per heavy atom. The van der Waals surface area contributed by atoms with Gasteiger partial charge in [-0.15, -0.1) is 0 Å². The summed E-state index contributed by atoms with van der Waals surface area (Å²) in [6.07, 6.45) is 6.18. The first-order valence-corrected chi connectivity index (χ1v) is 12.6. The summed E-state index contributed by atoms with van der Waals surface area (Å²) in [4.78, 5) is 25.1. The van der Waals surface area contributed by atoms with Crippen LogP contribution in [0.3, 0.4) is 0 Å². The Hall–Kier alpha value is -3.50. The molecule has 0 radical (unpaired) electrons. The van der Waals surface area contributed by atoms with Gasteiger partial charge in [0, 0.05) is 36.7 Å². The molecular formula is C24H27N5O4S. The quantitative estimate of drug-likeness (QED) is 0.539. The smallest absolute Gasteiger partial charge is 0.251 e. The van der Waals surface area contributed by atoms with Crippen molar-refractivity contribution in [1.82, 2.24) is 19.4 Å². The number of nitrogens with one attached hydrogen (secondary N) is 2. The Labute approximate surface area is 198 Å². The molecular weight excluding hydrogens is 454 g/mol. The zero-order valence-electron chi connectivity index (χ0n) is 18.9. The molecule has 0 saturated carbocycles. The van der Waals surface area contributed by atoms with Gasteiger partial charge in [-0.3, -0.25) is 9.59 Å². The van der Waals surface area contributed by atoms with Crippen LogP contribution in [-0.2, 0) is 14.8 Å². The average Bonchev–Trinajstić information content (AvgIpc) is 3.39. The Balaban J connectivity index is 1.37. The molecule has 0 bridgehead atoms. The van der Waals surface area contributed by atoms with E-state index in [4.69, 9.17) is 0 Å². The van der Waals surface area contributed by atoms with Crippen LogP contribution in [0.4, 0.5) is 5.69 Å². The molecule has 0 spiro atoms. The van der Waals surface area contributed by atoms with Gasteiger partial charge in [-0.1, -0.05) is 12.5 Å². The monoisotopic (exact) mass is 481 g/mol. The van der Waals surface area contributed by atoms with Crippen molar-refractivity contribution in [2.45, 2.75) is 31.1 Å². The number of carbonyl (C=O) groups is 2. The summed E-state index contributed by atoms with van der Waals surface area (Å²) in [7, 11) is -3.67. The van der Waals surface area contributed by atoms with Gasteiger partial charge in [0.1, 0.15) is 0 Å². The molecule has 1 fully saturated rings. The molecule has 1 aromatic heterocycles. The van der Waals surface area contributed by atoms with Crippen molar-refractivity contribution in [3.63, 3.8) is 0 Å². The van der Waals surface area contributed by atoms with Gasteiger partial charge in [-0.2, -0.15) is 9.40 Å². The second kappa shape index (κ2) is 10.2. The molecule has 0 unspecified atom stereocenters. The number of piperidine rings is 1. The van der Waals surface area contributed by atoms with E-state index in [1.54, 1.807) is 42.1 Å². The van der Waals surface area contributed by atoms with Crippen LogP contribution in [0.2, 0.25) is 0 Å². The van der Waals surface area contributed by atoms with Crippen LogP contribution in [0.25, 0.3) is 5.69 Å². The Morgan fingerprint density at radius 1 is 1.03 bits per heavy atom. The molecule has 0 atom stereocenters. The summed E-state index contributed by atoms with van der Waals surface area (Å²) in [5.41, 5.74) is 2.21. The van der Waals surface area contributed by atoms with Crippen molar-refractivity contribution in [2.75, 3.05) is 25.0 Å². The molecule has 9 nitrogen and oxygen atoms in total. The van der Waals surface area contributed by atoms with Crippen molar-refractivity contribution in [3.05, 3.63) is 72.1 Å². The fourth-order valence-corrected chi connectivity index (χ4v) is 5.62. The standard InChI is InChI=1S/C24H27N5O4S/c1-18-6-7-19(16-22(18)34(32,33)28-13-3-2-4-14-28)24(31)25-17-23(30)27-20-8-10-21(11-9-20)29-15-5-12-26-29/h5-12,15-16H,2-4,13-14,17H2,1H3,(H,25,31)(H,27,30). The number of amides is 2. The summed E-state index contributed by atoms with van der Waals surface area (Å²) in [5.74, 6) is -0.910. The van der Waals surface area contributed by atoms with E-state index in [1.165, 1.54) is 10.4 Å². The Morgan fingerprint density at radius 3 is 2.44 bits per heavy atom. The minimum absolute atomic E-state index is 0.128. The third-order valence-electron chi connectivity index (χ3n) is 5.71. The molecule has 3 aromatic rings. The third kappa shape index (κ3) is 5.35. The highest BCUT2D eigenvalue weighted by molar-refractivity contribution is 7.89. The van der Waals surface area contributed by atoms with Gasteiger partial charge in [0.05, 0.1) is 17.1 Å².